The molecule has 0 saturated carbocycles. The third-order valence-electron chi connectivity index (χ3n) is 6.78. The second-order valence-electron chi connectivity index (χ2n) is 10.8. The molecule has 2 aliphatic heterocycles. The highest BCUT2D eigenvalue weighted by Gasteiger charge is 2.27. The number of amides is 2. The average Bonchev–Trinajstić information content (AvgIpc) is 3.48. The standard InChI is InChI=1S/C29H35N7O3/c1-29(2,3)39-28(38)36-17-15-35(16-18-36)25-10-11-30-20-24(25)33-27(37)23-9-12-31-26(32-23)21-7-6-8-22(19-21)34-13-4-5-14-34/h6-12,19-20H,4-5,13-18H2,1-3H3,(H,33,37). The summed E-state index contributed by atoms with van der Waals surface area (Å²) < 4.78 is 5.50. The molecular weight excluding hydrogens is 494 g/mol. The molecule has 5 rings (SSSR count). The van der Waals surface area contributed by atoms with Crippen LogP contribution in [-0.4, -0.2) is 76.7 Å². The van der Waals surface area contributed by atoms with Gasteiger partial charge in [-0.05, 0) is 57.9 Å². The number of piperazine rings is 1. The van der Waals surface area contributed by atoms with Gasteiger partial charge in [0.05, 0.1) is 17.6 Å². The van der Waals surface area contributed by atoms with Crippen molar-refractivity contribution < 1.29 is 14.3 Å². The predicted octanol–water partition coefficient (Wildman–Crippen LogP) is 4.45. The topological polar surface area (TPSA) is 104 Å². The summed E-state index contributed by atoms with van der Waals surface area (Å²) in [5.41, 5.74) is 3.19. The van der Waals surface area contributed by atoms with Crippen LogP contribution in [0.4, 0.5) is 21.9 Å². The Morgan fingerprint density at radius 1 is 0.923 bits per heavy atom. The van der Waals surface area contributed by atoms with E-state index in [2.05, 4.69) is 42.2 Å². The van der Waals surface area contributed by atoms with Gasteiger partial charge in [0.25, 0.3) is 5.91 Å². The van der Waals surface area contributed by atoms with Gasteiger partial charge in [0.2, 0.25) is 0 Å². The molecule has 10 nitrogen and oxygen atoms in total. The van der Waals surface area contributed by atoms with Gasteiger partial charge in [0.1, 0.15) is 11.3 Å². The second kappa shape index (κ2) is 11.3. The summed E-state index contributed by atoms with van der Waals surface area (Å²) in [7, 11) is 0. The van der Waals surface area contributed by atoms with Crippen LogP contribution in [0, 0.1) is 0 Å². The van der Waals surface area contributed by atoms with Crippen molar-refractivity contribution in [1.29, 1.82) is 0 Å². The molecule has 0 aliphatic carbocycles. The van der Waals surface area contributed by atoms with Gasteiger partial charge in [0.15, 0.2) is 5.82 Å². The van der Waals surface area contributed by atoms with Gasteiger partial charge in [-0.3, -0.25) is 9.78 Å². The highest BCUT2D eigenvalue weighted by molar-refractivity contribution is 6.04. The average molecular weight is 530 g/mol. The minimum absolute atomic E-state index is 0.274. The van der Waals surface area contributed by atoms with Crippen LogP contribution in [0.3, 0.4) is 0 Å². The van der Waals surface area contributed by atoms with E-state index in [0.29, 0.717) is 37.7 Å². The highest BCUT2D eigenvalue weighted by atomic mass is 16.6. The second-order valence-corrected chi connectivity index (χ2v) is 10.8. The third-order valence-corrected chi connectivity index (χ3v) is 6.78. The lowest BCUT2D eigenvalue weighted by atomic mass is 10.1. The molecule has 0 bridgehead atoms. The summed E-state index contributed by atoms with van der Waals surface area (Å²) in [6.07, 6.45) is 7.03. The summed E-state index contributed by atoms with van der Waals surface area (Å²) in [5.74, 6) is 0.171. The number of anilines is 3. The van der Waals surface area contributed by atoms with Gasteiger partial charge in [0, 0.05) is 62.9 Å². The predicted molar refractivity (Wildman–Crippen MR) is 151 cm³/mol. The maximum atomic E-state index is 13.3. The first-order valence-electron chi connectivity index (χ1n) is 13.4. The minimum Gasteiger partial charge on any atom is -0.444 e. The largest absolute Gasteiger partial charge is 0.444 e. The van der Waals surface area contributed by atoms with Crippen molar-refractivity contribution in [3.63, 3.8) is 0 Å². The molecule has 1 aromatic carbocycles. The van der Waals surface area contributed by atoms with E-state index >= 15 is 0 Å². The number of carbonyl (C=O) groups excluding carboxylic acids is 2. The normalized spacial score (nSPS) is 15.8. The number of nitrogens with one attached hydrogen (secondary N) is 1. The molecule has 2 amide bonds. The molecule has 2 fully saturated rings. The zero-order valence-electron chi connectivity index (χ0n) is 22.8. The van der Waals surface area contributed by atoms with Crippen LogP contribution in [0.5, 0.6) is 0 Å². The molecule has 4 heterocycles. The number of carbonyl (C=O) groups is 2. The van der Waals surface area contributed by atoms with Gasteiger partial charge in [-0.15, -0.1) is 0 Å². The van der Waals surface area contributed by atoms with Crippen molar-refractivity contribution in [3.8, 4) is 11.4 Å². The number of nitrogens with zero attached hydrogens (tertiary/aromatic N) is 6. The SMILES string of the molecule is CC(C)(C)OC(=O)N1CCN(c2ccncc2NC(=O)c2ccnc(-c3cccc(N4CCCC4)c3)n2)CC1. The number of hydrogen-bond acceptors (Lipinski definition) is 8. The fourth-order valence-corrected chi connectivity index (χ4v) is 4.84. The monoisotopic (exact) mass is 529 g/mol. The number of ether oxygens (including phenoxy) is 1. The van der Waals surface area contributed by atoms with Crippen LogP contribution in [-0.2, 0) is 4.74 Å². The first-order valence-corrected chi connectivity index (χ1v) is 13.4. The molecule has 2 aromatic heterocycles. The molecule has 2 aliphatic rings. The lowest BCUT2D eigenvalue weighted by Gasteiger charge is -2.37. The minimum atomic E-state index is -0.533. The summed E-state index contributed by atoms with van der Waals surface area (Å²) in [6.45, 7) is 9.95. The number of aromatic nitrogens is 3. The first kappa shape index (κ1) is 26.4. The molecule has 39 heavy (non-hydrogen) atoms. The van der Waals surface area contributed by atoms with E-state index in [1.165, 1.54) is 12.8 Å². The smallest absolute Gasteiger partial charge is 0.410 e. The first-order chi connectivity index (χ1) is 18.8. The number of rotatable bonds is 5. The summed E-state index contributed by atoms with van der Waals surface area (Å²) >= 11 is 0. The molecule has 0 radical (unpaired) electrons. The van der Waals surface area contributed by atoms with E-state index in [1.807, 2.05) is 39.0 Å². The van der Waals surface area contributed by atoms with E-state index in [4.69, 9.17) is 4.74 Å². The van der Waals surface area contributed by atoms with Gasteiger partial charge in [-0.2, -0.15) is 0 Å². The molecule has 2 saturated heterocycles. The lowest BCUT2D eigenvalue weighted by Crippen LogP contribution is -2.50. The molecule has 204 valence electrons. The molecule has 0 atom stereocenters. The number of pyridine rings is 1. The van der Waals surface area contributed by atoms with Crippen LogP contribution in [0.25, 0.3) is 11.4 Å². The van der Waals surface area contributed by atoms with Crippen LogP contribution in [0.15, 0.2) is 55.0 Å². The fourth-order valence-electron chi connectivity index (χ4n) is 4.84. The van der Waals surface area contributed by atoms with Crippen LogP contribution < -0.4 is 15.1 Å². The maximum Gasteiger partial charge on any atom is 0.410 e. The van der Waals surface area contributed by atoms with Crippen molar-refractivity contribution in [2.45, 2.75) is 39.2 Å². The Labute approximate surface area is 229 Å². The summed E-state index contributed by atoms with van der Waals surface area (Å²) in [5, 5.41) is 2.98. The van der Waals surface area contributed by atoms with Gasteiger partial charge < -0.3 is 24.8 Å². The summed E-state index contributed by atoms with van der Waals surface area (Å²) in [6, 6.07) is 11.6. The van der Waals surface area contributed by atoms with E-state index in [9.17, 15) is 9.59 Å². The van der Waals surface area contributed by atoms with Gasteiger partial charge >= 0.3 is 6.09 Å². The van der Waals surface area contributed by atoms with Crippen LogP contribution >= 0.6 is 0 Å². The Hall–Kier alpha value is -4.21. The lowest BCUT2D eigenvalue weighted by molar-refractivity contribution is 0.0240. The Morgan fingerprint density at radius 3 is 2.44 bits per heavy atom. The molecule has 10 heteroatoms. The molecule has 0 unspecified atom stereocenters. The molecular formula is C29H35N7O3. The van der Waals surface area contributed by atoms with Crippen molar-refractivity contribution in [2.24, 2.45) is 0 Å². The van der Waals surface area contributed by atoms with Crippen molar-refractivity contribution in [3.05, 3.63) is 60.7 Å². The molecule has 3 aromatic rings. The Morgan fingerprint density at radius 2 is 1.69 bits per heavy atom. The zero-order valence-corrected chi connectivity index (χ0v) is 22.8. The van der Waals surface area contributed by atoms with Crippen molar-refractivity contribution in [2.75, 3.05) is 54.4 Å². The maximum absolute atomic E-state index is 13.3. The van der Waals surface area contributed by atoms with E-state index in [0.717, 1.165) is 30.0 Å². The molecule has 0 spiro atoms. The third kappa shape index (κ3) is 6.45. The Balaban J connectivity index is 1.27. The molecule has 1 N–H and O–H groups in total. The quantitative estimate of drug-likeness (QED) is 0.517. The van der Waals surface area contributed by atoms with E-state index in [1.54, 1.807) is 29.6 Å². The Bertz CT molecular complexity index is 1330. The van der Waals surface area contributed by atoms with Crippen molar-refractivity contribution >= 4 is 29.1 Å². The Kier molecular flexibility index (Phi) is 7.63. The van der Waals surface area contributed by atoms with Crippen LogP contribution in [0.2, 0.25) is 0 Å². The van der Waals surface area contributed by atoms with E-state index in [-0.39, 0.29) is 17.7 Å². The highest BCUT2D eigenvalue weighted by Crippen LogP contribution is 2.28. The van der Waals surface area contributed by atoms with Gasteiger partial charge in [-0.1, -0.05) is 12.1 Å². The van der Waals surface area contributed by atoms with Gasteiger partial charge in [-0.25, -0.2) is 14.8 Å². The number of benzene rings is 1. The van der Waals surface area contributed by atoms with Crippen molar-refractivity contribution in [1.82, 2.24) is 19.9 Å². The zero-order chi connectivity index (χ0) is 27.4. The van der Waals surface area contributed by atoms with Crippen LogP contribution in [0.1, 0.15) is 44.1 Å². The van der Waals surface area contributed by atoms with E-state index < -0.39 is 5.60 Å². The number of hydrogen-bond donors (Lipinski definition) is 1. The fraction of sp³-hybridized carbons (Fsp3) is 0.414. The summed E-state index contributed by atoms with van der Waals surface area (Å²) in [4.78, 5) is 45.1.